The summed E-state index contributed by atoms with van der Waals surface area (Å²) in [6.07, 6.45) is 0. The molecule has 5 heteroatoms. The first-order valence-electron chi connectivity index (χ1n) is 7.09. The van der Waals surface area contributed by atoms with E-state index in [9.17, 15) is 4.79 Å². The lowest BCUT2D eigenvalue weighted by Gasteiger charge is -2.20. The number of carbonyl (C=O) groups excluding carboxylic acids is 1. The zero-order valence-electron chi connectivity index (χ0n) is 12.3. The summed E-state index contributed by atoms with van der Waals surface area (Å²) >= 11 is 6.17. The van der Waals surface area contributed by atoms with Crippen LogP contribution < -0.4 is 0 Å². The zero-order chi connectivity index (χ0) is 15.2. The minimum atomic E-state index is -0.121. The van der Waals surface area contributed by atoms with Gasteiger partial charge in [-0.1, -0.05) is 35.9 Å². The van der Waals surface area contributed by atoms with Gasteiger partial charge in [0.05, 0.1) is 6.61 Å². The number of hydrogen-bond acceptors (Lipinski definition) is 3. The van der Waals surface area contributed by atoms with Crippen LogP contribution in [0.1, 0.15) is 24.3 Å². The number of rotatable bonds is 6. The van der Waals surface area contributed by atoms with Crippen molar-refractivity contribution >= 4 is 28.3 Å². The zero-order valence-corrected chi connectivity index (χ0v) is 13.1. The summed E-state index contributed by atoms with van der Waals surface area (Å²) in [6, 6.07) is 9.42. The number of fused-ring (bicyclic) bond motifs is 1. The average molecular weight is 307 g/mol. The Morgan fingerprint density at radius 3 is 2.81 bits per heavy atom. The Morgan fingerprint density at radius 2 is 2.10 bits per heavy atom. The fourth-order valence-corrected chi connectivity index (χ4v) is 2.41. The van der Waals surface area contributed by atoms with Crippen LogP contribution in [0.25, 0.3) is 10.8 Å². The molecule has 0 saturated carbocycles. The topological polar surface area (TPSA) is 42.4 Å². The first kappa shape index (κ1) is 15.7. The fourth-order valence-electron chi connectivity index (χ4n) is 2.15. The number of carbonyl (C=O) groups is 1. The van der Waals surface area contributed by atoms with Gasteiger partial charge in [0.25, 0.3) is 5.91 Å². The molecule has 0 N–H and O–H groups in total. The smallest absolute Gasteiger partial charge is 0.272 e. The standard InChI is InChI=1S/C16H19ClN2O2/c1-3-19(9-10-21-4-2)16(20)14-11-12-7-5-6-8-13(12)15(17)18-14/h5-8,11H,3-4,9-10H2,1-2H3. The molecule has 0 atom stereocenters. The maximum Gasteiger partial charge on any atom is 0.272 e. The van der Waals surface area contributed by atoms with Gasteiger partial charge >= 0.3 is 0 Å². The van der Waals surface area contributed by atoms with Gasteiger partial charge in [-0.3, -0.25) is 4.79 Å². The first-order chi connectivity index (χ1) is 10.2. The molecule has 0 radical (unpaired) electrons. The quantitative estimate of drug-likeness (QED) is 0.607. The van der Waals surface area contributed by atoms with Crippen molar-refractivity contribution in [1.29, 1.82) is 0 Å². The molecular weight excluding hydrogens is 288 g/mol. The summed E-state index contributed by atoms with van der Waals surface area (Å²) in [5, 5.41) is 2.13. The lowest BCUT2D eigenvalue weighted by molar-refractivity contribution is 0.0664. The molecule has 0 aliphatic carbocycles. The largest absolute Gasteiger partial charge is 0.380 e. The molecule has 1 amide bonds. The molecule has 2 rings (SSSR count). The van der Waals surface area contributed by atoms with Gasteiger partial charge in [-0.2, -0.15) is 0 Å². The van der Waals surface area contributed by atoms with Gasteiger partial charge in [0, 0.05) is 25.1 Å². The van der Waals surface area contributed by atoms with Crippen molar-refractivity contribution in [3.63, 3.8) is 0 Å². The monoisotopic (exact) mass is 306 g/mol. The normalized spacial score (nSPS) is 10.8. The van der Waals surface area contributed by atoms with Gasteiger partial charge in [0.1, 0.15) is 10.8 Å². The molecule has 1 heterocycles. The van der Waals surface area contributed by atoms with E-state index in [1.165, 1.54) is 0 Å². The SMILES string of the molecule is CCOCCN(CC)C(=O)c1cc2ccccc2c(Cl)n1. The second-order valence-corrected chi connectivity index (χ2v) is 4.96. The van der Waals surface area contributed by atoms with Crippen LogP contribution in [-0.4, -0.2) is 42.1 Å². The maximum absolute atomic E-state index is 12.5. The van der Waals surface area contributed by atoms with Crippen LogP contribution in [0.5, 0.6) is 0 Å². The highest BCUT2D eigenvalue weighted by Crippen LogP contribution is 2.22. The fraction of sp³-hybridized carbons (Fsp3) is 0.375. The number of halogens is 1. The molecule has 0 aliphatic heterocycles. The molecule has 0 saturated heterocycles. The van der Waals surface area contributed by atoms with Crippen LogP contribution in [0, 0.1) is 0 Å². The third kappa shape index (κ3) is 3.71. The Balaban J connectivity index is 2.25. The number of nitrogens with zero attached hydrogens (tertiary/aromatic N) is 2. The lowest BCUT2D eigenvalue weighted by atomic mass is 10.1. The van der Waals surface area contributed by atoms with Crippen molar-refractivity contribution in [2.75, 3.05) is 26.3 Å². The van der Waals surface area contributed by atoms with Crippen molar-refractivity contribution in [1.82, 2.24) is 9.88 Å². The van der Waals surface area contributed by atoms with Crippen LogP contribution in [-0.2, 0) is 4.74 Å². The van der Waals surface area contributed by atoms with Crippen LogP contribution in [0.2, 0.25) is 5.15 Å². The predicted molar refractivity (Wildman–Crippen MR) is 84.8 cm³/mol. The van der Waals surface area contributed by atoms with Crippen LogP contribution in [0.3, 0.4) is 0 Å². The van der Waals surface area contributed by atoms with Gasteiger partial charge in [-0.25, -0.2) is 4.98 Å². The predicted octanol–water partition coefficient (Wildman–Crippen LogP) is 3.39. The summed E-state index contributed by atoms with van der Waals surface area (Å²) in [7, 11) is 0. The highest BCUT2D eigenvalue weighted by atomic mass is 35.5. The van der Waals surface area contributed by atoms with Crippen LogP contribution in [0.4, 0.5) is 0 Å². The van der Waals surface area contributed by atoms with Gasteiger partial charge in [-0.15, -0.1) is 0 Å². The van der Waals surface area contributed by atoms with E-state index >= 15 is 0 Å². The number of likely N-dealkylation sites (N-methyl/N-ethyl adjacent to an activating group) is 1. The molecular formula is C16H19ClN2O2. The molecule has 0 bridgehead atoms. The third-order valence-electron chi connectivity index (χ3n) is 3.29. The van der Waals surface area contributed by atoms with E-state index in [2.05, 4.69) is 4.98 Å². The summed E-state index contributed by atoms with van der Waals surface area (Å²) in [6.45, 7) is 6.20. The van der Waals surface area contributed by atoms with Crippen molar-refractivity contribution in [3.8, 4) is 0 Å². The van der Waals surface area contributed by atoms with Crippen molar-refractivity contribution in [3.05, 3.63) is 41.2 Å². The minimum absolute atomic E-state index is 0.121. The lowest BCUT2D eigenvalue weighted by Crippen LogP contribution is -2.34. The number of aromatic nitrogens is 1. The molecule has 0 unspecified atom stereocenters. The van der Waals surface area contributed by atoms with E-state index in [-0.39, 0.29) is 5.91 Å². The van der Waals surface area contributed by atoms with E-state index in [1.807, 2.05) is 38.1 Å². The Morgan fingerprint density at radius 1 is 1.33 bits per heavy atom. The second kappa shape index (κ2) is 7.38. The summed E-state index contributed by atoms with van der Waals surface area (Å²) < 4.78 is 5.31. The highest BCUT2D eigenvalue weighted by molar-refractivity contribution is 6.34. The van der Waals surface area contributed by atoms with Gasteiger partial charge in [0.15, 0.2) is 0 Å². The highest BCUT2D eigenvalue weighted by Gasteiger charge is 2.17. The molecule has 1 aromatic heterocycles. The molecule has 4 nitrogen and oxygen atoms in total. The first-order valence-corrected chi connectivity index (χ1v) is 7.47. The Hall–Kier alpha value is -1.65. The molecule has 2 aromatic rings. The number of hydrogen-bond donors (Lipinski definition) is 0. The summed E-state index contributed by atoms with van der Waals surface area (Å²) in [5.74, 6) is -0.121. The van der Waals surface area contributed by atoms with E-state index in [0.717, 1.165) is 10.8 Å². The number of pyridine rings is 1. The van der Waals surface area contributed by atoms with Crippen molar-refractivity contribution in [2.45, 2.75) is 13.8 Å². The van der Waals surface area contributed by atoms with Gasteiger partial charge in [0.2, 0.25) is 0 Å². The molecule has 1 aromatic carbocycles. The molecule has 0 fully saturated rings. The van der Waals surface area contributed by atoms with Crippen LogP contribution in [0.15, 0.2) is 30.3 Å². The van der Waals surface area contributed by atoms with E-state index in [4.69, 9.17) is 16.3 Å². The molecule has 0 aliphatic rings. The van der Waals surface area contributed by atoms with Crippen LogP contribution >= 0.6 is 11.6 Å². The summed E-state index contributed by atoms with van der Waals surface area (Å²) in [5.41, 5.74) is 0.372. The van der Waals surface area contributed by atoms with Gasteiger partial charge in [-0.05, 0) is 25.3 Å². The second-order valence-electron chi connectivity index (χ2n) is 4.60. The maximum atomic E-state index is 12.5. The number of benzene rings is 1. The molecule has 21 heavy (non-hydrogen) atoms. The van der Waals surface area contributed by atoms with Crippen molar-refractivity contribution < 1.29 is 9.53 Å². The van der Waals surface area contributed by atoms with E-state index in [0.29, 0.717) is 37.2 Å². The molecule has 0 spiro atoms. The Kier molecular flexibility index (Phi) is 5.53. The van der Waals surface area contributed by atoms with Gasteiger partial charge < -0.3 is 9.64 Å². The number of amides is 1. The summed E-state index contributed by atoms with van der Waals surface area (Å²) in [4.78, 5) is 18.5. The Bertz CT molecular complexity index is 631. The molecule has 112 valence electrons. The minimum Gasteiger partial charge on any atom is -0.380 e. The third-order valence-corrected chi connectivity index (χ3v) is 3.58. The number of ether oxygens (including phenoxy) is 1. The van der Waals surface area contributed by atoms with E-state index < -0.39 is 0 Å². The Labute approximate surface area is 129 Å². The van der Waals surface area contributed by atoms with E-state index in [1.54, 1.807) is 11.0 Å². The average Bonchev–Trinajstić information content (AvgIpc) is 2.51. The van der Waals surface area contributed by atoms with Crippen molar-refractivity contribution in [2.24, 2.45) is 0 Å².